The van der Waals surface area contributed by atoms with Crippen LogP contribution < -0.4 is 14.8 Å². The molecule has 0 radical (unpaired) electrons. The highest BCUT2D eigenvalue weighted by Crippen LogP contribution is 2.26. The number of methoxy groups -OCH3 is 2. The van der Waals surface area contributed by atoms with Gasteiger partial charge in [-0.2, -0.15) is 5.10 Å². The number of carbonyl (C=O) groups excluding carboxylic acids is 1. The third kappa shape index (κ3) is 5.11. The molecule has 1 N–H and O–H groups in total. The van der Waals surface area contributed by atoms with Crippen molar-refractivity contribution in [1.82, 2.24) is 20.0 Å². The number of benzene rings is 2. The van der Waals surface area contributed by atoms with Gasteiger partial charge in [0.15, 0.2) is 0 Å². The van der Waals surface area contributed by atoms with E-state index in [1.54, 1.807) is 18.9 Å². The number of likely N-dealkylation sites (tertiary alicyclic amines) is 1. The van der Waals surface area contributed by atoms with E-state index >= 15 is 0 Å². The van der Waals surface area contributed by atoms with Crippen LogP contribution in [0.1, 0.15) is 29.8 Å². The molecule has 1 amide bonds. The molecule has 1 aromatic heterocycles. The third-order valence-electron chi connectivity index (χ3n) is 5.79. The van der Waals surface area contributed by atoms with Crippen LogP contribution in [0.4, 0.5) is 0 Å². The molecule has 7 heteroatoms. The van der Waals surface area contributed by atoms with E-state index in [1.165, 1.54) is 19.3 Å². The summed E-state index contributed by atoms with van der Waals surface area (Å²) in [4.78, 5) is 15.5. The van der Waals surface area contributed by atoms with Crippen LogP contribution >= 0.6 is 0 Å². The van der Waals surface area contributed by atoms with Gasteiger partial charge in [-0.05, 0) is 68.4 Å². The average molecular weight is 435 g/mol. The number of nitrogens with zero attached hydrogens (tertiary/aromatic N) is 3. The highest BCUT2D eigenvalue weighted by Gasteiger charge is 2.18. The molecule has 1 fully saturated rings. The Bertz CT molecular complexity index is 1040. The van der Waals surface area contributed by atoms with Crippen LogP contribution in [0.15, 0.2) is 54.6 Å². The van der Waals surface area contributed by atoms with E-state index in [4.69, 9.17) is 14.6 Å². The molecule has 0 spiro atoms. The summed E-state index contributed by atoms with van der Waals surface area (Å²) in [5.41, 5.74) is 2.88. The zero-order chi connectivity index (χ0) is 22.3. The summed E-state index contributed by atoms with van der Waals surface area (Å²) in [6, 6.07) is 17.0. The molecule has 1 aliphatic rings. The molecule has 0 unspecified atom stereocenters. The lowest BCUT2D eigenvalue weighted by atomic mass is 10.1. The second-order valence-electron chi connectivity index (χ2n) is 7.91. The first kappa shape index (κ1) is 21.9. The van der Waals surface area contributed by atoms with Crippen LogP contribution in [0, 0.1) is 0 Å². The van der Waals surface area contributed by atoms with Crippen LogP contribution in [0.25, 0.3) is 16.9 Å². The van der Waals surface area contributed by atoms with Crippen LogP contribution in [0.3, 0.4) is 0 Å². The normalized spacial score (nSPS) is 14.2. The maximum absolute atomic E-state index is 13.1. The van der Waals surface area contributed by atoms with E-state index in [9.17, 15) is 4.79 Å². The highest BCUT2D eigenvalue weighted by molar-refractivity contribution is 5.94. The topological polar surface area (TPSA) is 68.6 Å². The largest absolute Gasteiger partial charge is 0.497 e. The molecular weight excluding hydrogens is 404 g/mol. The van der Waals surface area contributed by atoms with Gasteiger partial charge in [-0.15, -0.1) is 0 Å². The van der Waals surface area contributed by atoms with Gasteiger partial charge in [-0.25, -0.2) is 4.68 Å². The number of ether oxygens (including phenoxy) is 2. The second-order valence-corrected chi connectivity index (χ2v) is 7.91. The number of carbonyl (C=O) groups is 1. The zero-order valence-electron chi connectivity index (χ0n) is 18.7. The van der Waals surface area contributed by atoms with Crippen molar-refractivity contribution in [2.24, 2.45) is 0 Å². The number of nitrogens with one attached hydrogen (secondary N) is 1. The van der Waals surface area contributed by atoms with E-state index in [1.807, 2.05) is 54.6 Å². The summed E-state index contributed by atoms with van der Waals surface area (Å²) in [5, 5.41) is 7.83. The minimum atomic E-state index is -0.139. The van der Waals surface area contributed by atoms with Gasteiger partial charge in [0.05, 0.1) is 25.6 Å². The molecule has 7 nitrogen and oxygen atoms in total. The summed E-state index contributed by atoms with van der Waals surface area (Å²) in [6.45, 7) is 3.70. The second kappa shape index (κ2) is 10.3. The summed E-state index contributed by atoms with van der Waals surface area (Å²) >= 11 is 0. The number of piperidine rings is 1. The van der Waals surface area contributed by atoms with Crippen molar-refractivity contribution in [1.29, 1.82) is 0 Å². The maximum Gasteiger partial charge on any atom is 0.270 e. The van der Waals surface area contributed by atoms with Crippen molar-refractivity contribution in [2.45, 2.75) is 19.3 Å². The van der Waals surface area contributed by atoms with E-state index in [0.717, 1.165) is 42.4 Å². The average Bonchev–Trinajstić information content (AvgIpc) is 3.30. The summed E-state index contributed by atoms with van der Waals surface area (Å²) in [6.07, 6.45) is 3.78. The summed E-state index contributed by atoms with van der Waals surface area (Å²) in [5.74, 6) is 1.36. The van der Waals surface area contributed by atoms with Crippen LogP contribution in [0.5, 0.6) is 11.5 Å². The van der Waals surface area contributed by atoms with Gasteiger partial charge in [-0.1, -0.05) is 18.6 Å². The highest BCUT2D eigenvalue weighted by atomic mass is 16.5. The van der Waals surface area contributed by atoms with Gasteiger partial charge in [-0.3, -0.25) is 4.79 Å². The Morgan fingerprint density at radius 2 is 1.72 bits per heavy atom. The fourth-order valence-corrected chi connectivity index (χ4v) is 3.99. The Morgan fingerprint density at radius 3 is 2.44 bits per heavy atom. The summed E-state index contributed by atoms with van der Waals surface area (Å²) in [7, 11) is 3.27. The first-order valence-corrected chi connectivity index (χ1v) is 11.1. The molecule has 168 valence electrons. The Kier molecular flexibility index (Phi) is 7.07. The molecule has 0 atom stereocenters. The first-order chi connectivity index (χ1) is 15.7. The van der Waals surface area contributed by atoms with Crippen molar-refractivity contribution < 1.29 is 14.3 Å². The Morgan fingerprint density at radius 1 is 0.969 bits per heavy atom. The lowest BCUT2D eigenvalue weighted by Crippen LogP contribution is -2.38. The molecule has 2 heterocycles. The number of hydrogen-bond acceptors (Lipinski definition) is 5. The van der Waals surface area contributed by atoms with E-state index in [2.05, 4.69) is 10.2 Å². The Balaban J connectivity index is 1.59. The number of hydrogen-bond donors (Lipinski definition) is 1. The van der Waals surface area contributed by atoms with E-state index in [-0.39, 0.29) is 5.91 Å². The molecule has 4 rings (SSSR count). The van der Waals surface area contributed by atoms with Crippen LogP contribution in [0.2, 0.25) is 0 Å². The van der Waals surface area contributed by atoms with E-state index in [0.29, 0.717) is 17.9 Å². The van der Waals surface area contributed by atoms with Gasteiger partial charge < -0.3 is 19.7 Å². The molecule has 0 aliphatic carbocycles. The van der Waals surface area contributed by atoms with Crippen molar-refractivity contribution >= 4 is 5.91 Å². The molecule has 1 aliphatic heterocycles. The molecule has 32 heavy (non-hydrogen) atoms. The van der Waals surface area contributed by atoms with Crippen molar-refractivity contribution in [3.05, 3.63) is 60.3 Å². The molecule has 2 aromatic carbocycles. The number of aromatic nitrogens is 2. The van der Waals surface area contributed by atoms with Crippen LogP contribution in [-0.4, -0.2) is 61.0 Å². The first-order valence-electron chi connectivity index (χ1n) is 11.1. The SMILES string of the molecule is COc1ccc(-n2nc(-c3cccc(OC)c3)cc2C(=O)NCCN2CCCCC2)cc1. The summed E-state index contributed by atoms with van der Waals surface area (Å²) < 4.78 is 12.3. The van der Waals surface area contributed by atoms with Gasteiger partial charge in [0.1, 0.15) is 17.2 Å². The molecule has 0 saturated carbocycles. The third-order valence-corrected chi connectivity index (χ3v) is 5.79. The predicted molar refractivity (Wildman–Crippen MR) is 125 cm³/mol. The van der Waals surface area contributed by atoms with E-state index < -0.39 is 0 Å². The number of amides is 1. The monoisotopic (exact) mass is 434 g/mol. The quantitative estimate of drug-likeness (QED) is 0.585. The van der Waals surface area contributed by atoms with Gasteiger partial charge in [0.25, 0.3) is 5.91 Å². The minimum absolute atomic E-state index is 0.139. The lowest BCUT2D eigenvalue weighted by Gasteiger charge is -2.26. The Labute approximate surface area is 188 Å². The van der Waals surface area contributed by atoms with Crippen molar-refractivity contribution in [3.63, 3.8) is 0 Å². The standard InChI is InChI=1S/C25H30N4O3/c1-31-21-11-9-20(10-12-21)29-24(25(30)26-13-16-28-14-4-3-5-15-28)18-23(27-29)19-7-6-8-22(17-19)32-2/h6-12,17-18H,3-5,13-16H2,1-2H3,(H,26,30). The van der Waals surface area contributed by atoms with Crippen molar-refractivity contribution in [2.75, 3.05) is 40.4 Å². The smallest absolute Gasteiger partial charge is 0.270 e. The van der Waals surface area contributed by atoms with Gasteiger partial charge in [0, 0.05) is 18.7 Å². The fourth-order valence-electron chi connectivity index (χ4n) is 3.99. The molecular formula is C25H30N4O3. The van der Waals surface area contributed by atoms with Gasteiger partial charge >= 0.3 is 0 Å². The molecule has 3 aromatic rings. The van der Waals surface area contributed by atoms with Crippen molar-refractivity contribution in [3.8, 4) is 28.4 Å². The molecule has 0 bridgehead atoms. The fraction of sp³-hybridized carbons (Fsp3) is 0.360. The Hall–Kier alpha value is -3.32. The molecule has 1 saturated heterocycles. The zero-order valence-corrected chi connectivity index (χ0v) is 18.7. The minimum Gasteiger partial charge on any atom is -0.497 e. The predicted octanol–water partition coefficient (Wildman–Crippen LogP) is 3.77. The van der Waals surface area contributed by atoms with Crippen LogP contribution in [-0.2, 0) is 0 Å². The number of rotatable bonds is 8. The maximum atomic E-state index is 13.1. The van der Waals surface area contributed by atoms with Gasteiger partial charge in [0.2, 0.25) is 0 Å². The lowest BCUT2D eigenvalue weighted by molar-refractivity contribution is 0.0939.